The van der Waals surface area contributed by atoms with E-state index in [4.69, 9.17) is 20.3 Å². The number of phosphoric ester groups is 1. The SMILES string of the molecule is NC(=O)c1nsc([C@@H]2O[C@H](COP(=O)(O)O[P+](O)(O)OP(O)O)[C@@H](O)[C@H]2O)c1F. The van der Waals surface area contributed by atoms with Gasteiger partial charge in [-0.15, -0.1) is 0 Å². The Bertz CT molecular complexity index is 796. The minimum atomic E-state index is -5.28. The lowest BCUT2D eigenvalue weighted by Crippen LogP contribution is -2.33. The molecule has 1 aromatic heterocycles. The van der Waals surface area contributed by atoms with Gasteiger partial charge in [-0.05, 0) is 15.8 Å². The quantitative estimate of drug-likeness (QED) is 0.180. The molecule has 0 radical (unpaired) electrons. The number of aliphatic hydroxyl groups excluding tert-OH is 2. The van der Waals surface area contributed by atoms with Crippen molar-refractivity contribution in [1.82, 2.24) is 4.37 Å². The molecule has 0 aromatic carbocycles. The summed E-state index contributed by atoms with van der Waals surface area (Å²) in [4.78, 5) is 55.5. The molecule has 15 nitrogen and oxygen atoms in total. The van der Waals surface area contributed by atoms with E-state index in [2.05, 4.69) is 17.5 Å². The van der Waals surface area contributed by atoms with Gasteiger partial charge in [0, 0.05) is 0 Å². The molecule has 1 unspecified atom stereocenters. The van der Waals surface area contributed by atoms with Gasteiger partial charge in [0.2, 0.25) is 0 Å². The van der Waals surface area contributed by atoms with Gasteiger partial charge in [-0.25, -0.2) is 8.96 Å². The third kappa shape index (κ3) is 6.33. The number of carbonyl (C=O) groups is 1. The fraction of sp³-hybridized carbons (Fsp3) is 0.556. The lowest BCUT2D eigenvalue weighted by molar-refractivity contribution is -0.0223. The maximum Gasteiger partial charge on any atom is 0.588 e. The van der Waals surface area contributed by atoms with Gasteiger partial charge in [0.25, 0.3) is 5.91 Å². The lowest BCUT2D eigenvalue weighted by atomic mass is 10.1. The summed E-state index contributed by atoms with van der Waals surface area (Å²) in [6.45, 7) is -0.974. The summed E-state index contributed by atoms with van der Waals surface area (Å²) in [6.07, 6.45) is -6.57. The number of aliphatic hydroxyl groups is 2. The van der Waals surface area contributed by atoms with Gasteiger partial charge in [0.05, 0.1) is 11.5 Å². The Hall–Kier alpha value is -0.320. The molecule has 0 aliphatic carbocycles. The molecular weight excluding hydrogens is 488 g/mol. The highest BCUT2D eigenvalue weighted by atomic mass is 32.1. The highest BCUT2D eigenvalue weighted by Crippen LogP contribution is 2.69. The van der Waals surface area contributed by atoms with Crippen LogP contribution in [0.2, 0.25) is 0 Å². The fourth-order valence-corrected chi connectivity index (χ4v) is 5.74. The summed E-state index contributed by atoms with van der Waals surface area (Å²) in [5.74, 6) is -2.35. The van der Waals surface area contributed by atoms with Crippen molar-refractivity contribution >= 4 is 42.0 Å². The molecule has 0 bridgehead atoms. The maximum atomic E-state index is 14.2. The van der Waals surface area contributed by atoms with E-state index in [9.17, 15) is 38.6 Å². The Labute approximate surface area is 166 Å². The normalized spacial score (nSPS) is 27.3. The van der Waals surface area contributed by atoms with Crippen LogP contribution in [-0.4, -0.2) is 69.9 Å². The first-order valence-electron chi connectivity index (χ1n) is 7.11. The van der Waals surface area contributed by atoms with Gasteiger partial charge in [-0.2, -0.15) is 14.2 Å². The molecule has 1 saturated heterocycles. The van der Waals surface area contributed by atoms with E-state index >= 15 is 0 Å². The van der Waals surface area contributed by atoms with E-state index < -0.39 is 73.0 Å². The number of amides is 1. The van der Waals surface area contributed by atoms with Crippen molar-refractivity contribution in [2.45, 2.75) is 24.4 Å². The standard InChI is InChI=1S/C9H14FN2O13P3S/c10-3-4(9(11)15)12-29-8(3)7-6(14)5(13)2(23-7)1-22-27(18,19)25-28(20,21)24-26(16)17/h2,5-7,13-14,16-17,20-21H,1H2,(H2-,11,15,18,19)/p+1/t2-,5-,6-,7-/m1/s1. The van der Waals surface area contributed by atoms with E-state index in [0.29, 0.717) is 11.5 Å². The summed E-state index contributed by atoms with van der Waals surface area (Å²) in [7, 11) is -13.8. The highest BCUT2D eigenvalue weighted by Gasteiger charge is 2.53. The molecule has 5 atom stereocenters. The molecule has 9 N–H and O–H groups in total. The molecule has 0 spiro atoms. The zero-order valence-electron chi connectivity index (χ0n) is 13.7. The Morgan fingerprint density at radius 2 is 2.00 bits per heavy atom. The molecular formula is C9H15FN2O13P3S+. The van der Waals surface area contributed by atoms with Crippen LogP contribution < -0.4 is 5.73 Å². The van der Waals surface area contributed by atoms with Crippen molar-refractivity contribution in [3.05, 3.63) is 16.4 Å². The summed E-state index contributed by atoms with van der Waals surface area (Å²) < 4.78 is 46.5. The van der Waals surface area contributed by atoms with Crippen LogP contribution in [0.4, 0.5) is 4.39 Å². The van der Waals surface area contributed by atoms with Gasteiger partial charge >= 0.3 is 24.6 Å². The first kappa shape index (κ1) is 24.9. The first-order valence-corrected chi connectivity index (χ1v) is 12.1. The average Bonchev–Trinajstić information content (AvgIpc) is 3.05. The number of hydrogen-bond acceptors (Lipinski definition) is 14. The number of nitrogens with two attached hydrogens (primary N) is 1. The number of hydrogen-bond donors (Lipinski definition) is 8. The number of halogens is 1. The van der Waals surface area contributed by atoms with Crippen LogP contribution in [0.3, 0.4) is 0 Å². The molecule has 1 aliphatic rings. The summed E-state index contributed by atoms with van der Waals surface area (Å²) in [6, 6.07) is 0. The molecule has 2 rings (SSSR count). The molecule has 0 saturated carbocycles. The Morgan fingerprint density at radius 3 is 2.52 bits per heavy atom. The predicted molar refractivity (Wildman–Crippen MR) is 90.9 cm³/mol. The van der Waals surface area contributed by atoms with Crippen LogP contribution >= 0.6 is 36.1 Å². The second kappa shape index (κ2) is 9.44. The molecule has 1 aromatic rings. The van der Waals surface area contributed by atoms with Gasteiger partial charge in [-0.1, -0.05) is 4.31 Å². The van der Waals surface area contributed by atoms with E-state index in [-0.39, 0.29) is 4.88 Å². The third-order valence-electron chi connectivity index (χ3n) is 3.30. The lowest BCUT2D eigenvalue weighted by Gasteiger charge is -2.17. The van der Waals surface area contributed by atoms with Gasteiger partial charge in [-0.3, -0.25) is 9.32 Å². The van der Waals surface area contributed by atoms with Crippen molar-refractivity contribution < 1.29 is 66.3 Å². The summed E-state index contributed by atoms with van der Waals surface area (Å²) >= 11 is 0.431. The molecule has 1 amide bonds. The van der Waals surface area contributed by atoms with Crippen molar-refractivity contribution in [3.8, 4) is 0 Å². The van der Waals surface area contributed by atoms with Crippen molar-refractivity contribution in [2.75, 3.05) is 6.61 Å². The highest BCUT2D eigenvalue weighted by molar-refractivity contribution is 7.69. The molecule has 1 fully saturated rings. The first-order chi connectivity index (χ1) is 13.2. The second-order valence-electron chi connectivity index (χ2n) is 5.32. The van der Waals surface area contributed by atoms with Crippen LogP contribution in [0.1, 0.15) is 21.5 Å². The van der Waals surface area contributed by atoms with Crippen LogP contribution in [0.5, 0.6) is 0 Å². The summed E-state index contributed by atoms with van der Waals surface area (Å²) in [5.41, 5.74) is 4.23. The van der Waals surface area contributed by atoms with Crippen molar-refractivity contribution in [3.63, 3.8) is 0 Å². The largest absolute Gasteiger partial charge is 0.588 e. The Kier molecular flexibility index (Phi) is 8.12. The summed E-state index contributed by atoms with van der Waals surface area (Å²) in [5, 5.41) is 20.0. The van der Waals surface area contributed by atoms with Gasteiger partial charge < -0.3 is 35.4 Å². The fourth-order valence-electron chi connectivity index (χ4n) is 2.16. The number of carbonyl (C=O) groups excluding carboxylic acids is 1. The number of nitrogens with zero attached hydrogens (tertiary/aromatic N) is 1. The Balaban J connectivity index is 2.04. The van der Waals surface area contributed by atoms with Crippen LogP contribution in [0, 0.1) is 5.82 Å². The zero-order valence-corrected chi connectivity index (χ0v) is 17.2. The number of rotatable bonds is 9. The Morgan fingerprint density at radius 1 is 1.38 bits per heavy atom. The molecule has 29 heavy (non-hydrogen) atoms. The monoisotopic (exact) mass is 503 g/mol. The average molecular weight is 503 g/mol. The minimum absolute atomic E-state index is 0.375. The molecule has 2 heterocycles. The number of aromatic nitrogens is 1. The van der Waals surface area contributed by atoms with E-state index in [1.807, 2.05) is 0 Å². The van der Waals surface area contributed by atoms with E-state index in [1.165, 1.54) is 0 Å². The van der Waals surface area contributed by atoms with Crippen molar-refractivity contribution in [2.24, 2.45) is 5.73 Å². The molecule has 20 heteroatoms. The van der Waals surface area contributed by atoms with Crippen LogP contribution in [0.15, 0.2) is 0 Å². The van der Waals surface area contributed by atoms with E-state index in [1.54, 1.807) is 0 Å². The number of phosphoric acid groups is 1. The van der Waals surface area contributed by atoms with Gasteiger partial charge in [0.15, 0.2) is 11.5 Å². The van der Waals surface area contributed by atoms with Crippen LogP contribution in [-0.2, 0) is 22.4 Å². The smallest absolute Gasteiger partial charge is 0.387 e. The van der Waals surface area contributed by atoms with Gasteiger partial charge in [0.1, 0.15) is 24.4 Å². The van der Waals surface area contributed by atoms with E-state index in [0.717, 1.165) is 0 Å². The van der Waals surface area contributed by atoms with Crippen molar-refractivity contribution in [1.29, 1.82) is 0 Å². The molecule has 1 aliphatic heterocycles. The second-order valence-corrected chi connectivity index (χ2v) is 10.1. The molecule has 166 valence electrons. The number of primary amides is 1. The minimum Gasteiger partial charge on any atom is -0.387 e. The number of ether oxygens (including phenoxy) is 1. The van der Waals surface area contributed by atoms with Crippen LogP contribution in [0.25, 0.3) is 0 Å². The predicted octanol–water partition coefficient (Wildman–Crippen LogP) is -1.43. The maximum absolute atomic E-state index is 14.2. The topological polar surface area (TPSA) is 252 Å². The zero-order chi connectivity index (χ0) is 22.1. The third-order valence-corrected chi connectivity index (χ3v) is 7.77.